The molecule has 0 spiro atoms. The van der Waals surface area contributed by atoms with Gasteiger partial charge in [0.2, 0.25) is 15.9 Å². The summed E-state index contributed by atoms with van der Waals surface area (Å²) < 4.78 is 27.0. The van der Waals surface area contributed by atoms with Crippen molar-refractivity contribution < 1.29 is 17.6 Å². The summed E-state index contributed by atoms with van der Waals surface area (Å²) >= 11 is 0. The summed E-state index contributed by atoms with van der Waals surface area (Å²) in [5, 5.41) is 7.60. The summed E-state index contributed by atoms with van der Waals surface area (Å²) in [7, 11) is -3.56. The van der Waals surface area contributed by atoms with Crippen LogP contribution in [0.1, 0.15) is 11.3 Å². The van der Waals surface area contributed by atoms with E-state index in [0.717, 1.165) is 0 Å². The zero-order valence-corrected chi connectivity index (χ0v) is 11.8. The zero-order chi connectivity index (χ0) is 15.3. The molecule has 0 aliphatic carbocycles. The van der Waals surface area contributed by atoms with E-state index < -0.39 is 10.0 Å². The van der Waals surface area contributed by atoms with Gasteiger partial charge in [-0.25, -0.2) is 13.6 Å². The molecule has 21 heavy (non-hydrogen) atoms. The highest BCUT2D eigenvalue weighted by molar-refractivity contribution is 7.88. The average Bonchev–Trinajstić information content (AvgIpc) is 2.90. The quantitative estimate of drug-likeness (QED) is 0.821. The van der Waals surface area contributed by atoms with E-state index in [1.165, 1.54) is 12.3 Å². The maximum atomic E-state index is 11.7. The molecule has 1 aromatic heterocycles. The molecule has 0 aliphatic rings. The van der Waals surface area contributed by atoms with E-state index >= 15 is 0 Å². The molecule has 2 aromatic rings. The topological polar surface area (TPSA) is 102 Å². The fourth-order valence-electron chi connectivity index (χ4n) is 1.64. The molecule has 0 unspecified atom stereocenters. The molecule has 0 radical (unpaired) electrons. The second-order valence-corrected chi connectivity index (χ2v) is 5.96. The molecule has 0 saturated carbocycles. The molecular formula is C14H14N2O4S. The third kappa shape index (κ3) is 5.25. The number of rotatable bonds is 5. The van der Waals surface area contributed by atoms with Crippen molar-refractivity contribution in [1.29, 1.82) is 0 Å². The van der Waals surface area contributed by atoms with Crippen molar-refractivity contribution in [2.24, 2.45) is 5.14 Å². The van der Waals surface area contributed by atoms with E-state index in [4.69, 9.17) is 9.56 Å². The minimum atomic E-state index is -3.56. The van der Waals surface area contributed by atoms with Crippen LogP contribution >= 0.6 is 0 Å². The van der Waals surface area contributed by atoms with Crippen LogP contribution in [0.15, 0.2) is 53.2 Å². The van der Waals surface area contributed by atoms with Gasteiger partial charge in [0, 0.05) is 11.8 Å². The molecule has 6 nitrogen and oxygen atoms in total. The van der Waals surface area contributed by atoms with Gasteiger partial charge in [0.1, 0.15) is 5.76 Å². The van der Waals surface area contributed by atoms with E-state index in [-0.39, 0.29) is 11.7 Å². The lowest BCUT2D eigenvalue weighted by Crippen LogP contribution is -2.14. The average molecular weight is 306 g/mol. The minimum absolute atomic E-state index is 0.236. The van der Waals surface area contributed by atoms with Gasteiger partial charge in [-0.05, 0) is 35.9 Å². The fraction of sp³-hybridized carbons (Fsp3) is 0.0714. The first kappa shape index (κ1) is 15.0. The van der Waals surface area contributed by atoms with Crippen LogP contribution in [-0.2, 0) is 20.6 Å². The Morgan fingerprint density at radius 3 is 2.52 bits per heavy atom. The highest BCUT2D eigenvalue weighted by Gasteiger charge is 2.05. The van der Waals surface area contributed by atoms with Crippen LogP contribution in [0.5, 0.6) is 0 Å². The number of anilines is 1. The maximum absolute atomic E-state index is 11.7. The summed E-state index contributed by atoms with van der Waals surface area (Å²) in [5.74, 6) is 0.0267. The highest BCUT2D eigenvalue weighted by atomic mass is 32.2. The summed E-state index contributed by atoms with van der Waals surface area (Å²) in [6.07, 6.45) is 4.41. The normalized spacial score (nSPS) is 11.7. The van der Waals surface area contributed by atoms with Crippen LogP contribution in [0.2, 0.25) is 0 Å². The Labute approximate surface area is 122 Å². The van der Waals surface area contributed by atoms with Gasteiger partial charge in [-0.3, -0.25) is 4.79 Å². The Balaban J connectivity index is 1.95. The lowest BCUT2D eigenvalue weighted by molar-refractivity contribution is -0.111. The predicted octanol–water partition coefficient (Wildman–Crippen LogP) is 1.72. The first-order chi connectivity index (χ1) is 9.92. The van der Waals surface area contributed by atoms with Crippen LogP contribution in [0, 0.1) is 0 Å². The van der Waals surface area contributed by atoms with Crippen LogP contribution in [0.3, 0.4) is 0 Å². The van der Waals surface area contributed by atoms with Crippen molar-refractivity contribution >= 4 is 27.7 Å². The van der Waals surface area contributed by atoms with Crippen molar-refractivity contribution in [3.8, 4) is 0 Å². The first-order valence-corrected chi connectivity index (χ1v) is 7.76. The van der Waals surface area contributed by atoms with Gasteiger partial charge in [0.05, 0.1) is 12.0 Å². The maximum Gasteiger partial charge on any atom is 0.248 e. The number of nitrogens with two attached hydrogens (primary N) is 1. The van der Waals surface area contributed by atoms with Crippen LogP contribution in [0.25, 0.3) is 6.08 Å². The van der Waals surface area contributed by atoms with E-state index in [0.29, 0.717) is 17.0 Å². The largest absolute Gasteiger partial charge is 0.465 e. The smallest absolute Gasteiger partial charge is 0.248 e. The van der Waals surface area contributed by atoms with Gasteiger partial charge in [0.15, 0.2) is 0 Å². The Morgan fingerprint density at radius 2 is 1.95 bits per heavy atom. The Kier molecular flexibility index (Phi) is 4.56. The fourth-order valence-corrected chi connectivity index (χ4v) is 2.30. The number of primary sulfonamides is 1. The number of amides is 1. The van der Waals surface area contributed by atoms with Gasteiger partial charge in [0.25, 0.3) is 0 Å². The summed E-state index contributed by atoms with van der Waals surface area (Å²) in [6, 6.07) is 9.86. The van der Waals surface area contributed by atoms with Gasteiger partial charge in [-0.15, -0.1) is 0 Å². The molecule has 0 aliphatic heterocycles. The summed E-state index contributed by atoms with van der Waals surface area (Å²) in [4.78, 5) is 11.7. The molecule has 110 valence electrons. The van der Waals surface area contributed by atoms with Crippen LogP contribution in [-0.4, -0.2) is 14.3 Å². The molecule has 2 rings (SSSR count). The molecule has 0 saturated heterocycles. The van der Waals surface area contributed by atoms with Crippen LogP contribution in [0.4, 0.5) is 5.69 Å². The molecule has 1 amide bonds. The molecule has 3 N–H and O–H groups in total. The van der Waals surface area contributed by atoms with Gasteiger partial charge >= 0.3 is 0 Å². The lowest BCUT2D eigenvalue weighted by Gasteiger charge is -2.04. The van der Waals surface area contributed by atoms with E-state index in [9.17, 15) is 13.2 Å². The van der Waals surface area contributed by atoms with Crippen molar-refractivity contribution in [3.63, 3.8) is 0 Å². The molecule has 0 fully saturated rings. The Hall–Kier alpha value is -2.38. The van der Waals surface area contributed by atoms with Crippen LogP contribution < -0.4 is 10.5 Å². The molecule has 7 heteroatoms. The first-order valence-electron chi connectivity index (χ1n) is 6.04. The highest BCUT2D eigenvalue weighted by Crippen LogP contribution is 2.11. The SMILES string of the molecule is NS(=O)(=O)Cc1ccc(NC(=O)/C=C/c2ccco2)cc1. The molecular weight excluding hydrogens is 292 g/mol. The Morgan fingerprint density at radius 1 is 1.24 bits per heavy atom. The summed E-state index contributed by atoms with van der Waals surface area (Å²) in [6.45, 7) is 0. The molecule has 1 heterocycles. The van der Waals surface area contributed by atoms with Gasteiger partial charge in [-0.1, -0.05) is 12.1 Å². The summed E-state index contributed by atoms with van der Waals surface area (Å²) in [5.41, 5.74) is 1.11. The molecule has 1 aromatic carbocycles. The standard InChI is InChI=1S/C14H14N2O4S/c15-21(18,19)10-11-3-5-12(6-4-11)16-14(17)8-7-13-2-1-9-20-13/h1-9H,10H2,(H,16,17)(H2,15,18,19)/b8-7+. The monoisotopic (exact) mass is 306 g/mol. The van der Waals surface area contributed by atoms with Crippen molar-refractivity contribution in [2.45, 2.75) is 5.75 Å². The number of sulfonamides is 1. The third-order valence-corrected chi connectivity index (χ3v) is 3.27. The number of nitrogens with one attached hydrogen (secondary N) is 1. The van der Waals surface area contributed by atoms with Gasteiger partial charge < -0.3 is 9.73 Å². The number of benzene rings is 1. The third-order valence-electron chi connectivity index (χ3n) is 2.53. The Bertz CT molecular complexity index is 732. The van der Waals surface area contributed by atoms with Crippen molar-refractivity contribution in [3.05, 3.63) is 60.1 Å². The second kappa shape index (κ2) is 6.38. The number of furan rings is 1. The van der Waals surface area contributed by atoms with E-state index in [1.807, 2.05) is 0 Å². The number of hydrogen-bond donors (Lipinski definition) is 2. The van der Waals surface area contributed by atoms with Gasteiger partial charge in [-0.2, -0.15) is 0 Å². The van der Waals surface area contributed by atoms with E-state index in [2.05, 4.69) is 5.32 Å². The lowest BCUT2D eigenvalue weighted by atomic mass is 10.2. The number of carbonyl (C=O) groups excluding carboxylic acids is 1. The zero-order valence-electron chi connectivity index (χ0n) is 11.0. The van der Waals surface area contributed by atoms with Crippen molar-refractivity contribution in [1.82, 2.24) is 0 Å². The van der Waals surface area contributed by atoms with Crippen molar-refractivity contribution in [2.75, 3.05) is 5.32 Å². The number of hydrogen-bond acceptors (Lipinski definition) is 4. The number of carbonyl (C=O) groups is 1. The minimum Gasteiger partial charge on any atom is -0.465 e. The predicted molar refractivity (Wildman–Crippen MR) is 79.6 cm³/mol. The molecule has 0 atom stereocenters. The second-order valence-electron chi connectivity index (χ2n) is 4.34. The van der Waals surface area contributed by atoms with E-state index in [1.54, 1.807) is 42.5 Å². The molecule has 0 bridgehead atoms.